The van der Waals surface area contributed by atoms with Gasteiger partial charge in [0, 0.05) is 32.7 Å². The molecule has 0 aliphatic rings. The van der Waals surface area contributed by atoms with Crippen LogP contribution in [0.4, 0.5) is 0 Å². The van der Waals surface area contributed by atoms with Crippen LogP contribution in [0.15, 0.2) is 0 Å². The number of unbranched alkanes of at least 4 members (excludes halogenated alkanes) is 1. The Balaban J connectivity index is -0.0000000575. The van der Waals surface area contributed by atoms with E-state index in [1.165, 1.54) is 19.6 Å². The molecule has 0 N–H and O–H groups in total. The quantitative estimate of drug-likeness (QED) is 0.574. The molecule has 2 heteroatoms. The molecule has 1 nitrogen and oxygen atoms in total. The van der Waals surface area contributed by atoms with Gasteiger partial charge in [-0.25, -0.2) is 0 Å². The number of rotatable bonds is 1. The van der Waals surface area contributed by atoms with Crippen molar-refractivity contribution in [2.45, 2.75) is 26.7 Å². The Hall–Kier alpha value is 0.774. The van der Waals surface area contributed by atoms with Crippen LogP contribution in [0.25, 0.3) is 0 Å². The van der Waals surface area contributed by atoms with E-state index in [0.717, 1.165) is 6.42 Å². The maximum atomic E-state index is 8.68. The molecule has 0 amide bonds. The Morgan fingerprint density at radius 3 is 1.75 bits per heavy atom. The van der Waals surface area contributed by atoms with E-state index < -0.39 is 0 Å². The first kappa shape index (κ1) is 15.9. The van der Waals surface area contributed by atoms with E-state index in [4.69, 9.17) is 4.79 Å². The molecule has 1 radical (unpaired) electrons. The molecular weight excluding hydrogens is 177 g/mol. The maximum absolute atomic E-state index is 8.68. The first-order chi connectivity index (χ1) is 3.33. The molecule has 0 aromatic carbocycles. The molecule has 0 rings (SSSR count). The van der Waals surface area contributed by atoms with Gasteiger partial charge in [0.05, 0.1) is 0 Å². The van der Waals surface area contributed by atoms with Crippen molar-refractivity contribution in [2.75, 3.05) is 0 Å². The topological polar surface area (TPSA) is 17.1 Å². The van der Waals surface area contributed by atoms with Crippen molar-refractivity contribution in [1.82, 2.24) is 0 Å². The second-order valence-electron chi connectivity index (χ2n) is 1.06. The molecule has 0 bridgehead atoms. The zero-order valence-electron chi connectivity index (χ0n) is 5.61. The average Bonchev–Trinajstić information content (AvgIpc) is 1.69. The standard InChI is InChI=1S/C4H9.C2H3O.Y/c1-3-4-2;1-2-3;/h1,3-4H2,2H3;1H3;/q2*-1;. The summed E-state index contributed by atoms with van der Waals surface area (Å²) in [5, 5.41) is 0. The second kappa shape index (κ2) is 25.0. The zero-order valence-corrected chi connectivity index (χ0v) is 8.45. The molecule has 0 aliphatic heterocycles. The Bertz CT molecular complexity index is 27.7. The SMILES string of the molecule is C[C-]=O.[CH2-]CCC.[Y]. The number of hydrogen-bond donors (Lipinski definition) is 0. The Labute approximate surface area is 77.1 Å². The van der Waals surface area contributed by atoms with Crippen LogP contribution in [0.2, 0.25) is 0 Å². The number of carbonyl (C=O) groups excluding carboxylic acids is 1. The van der Waals surface area contributed by atoms with Crippen molar-refractivity contribution in [1.29, 1.82) is 0 Å². The minimum Gasteiger partial charge on any atom is -0.542 e. The van der Waals surface area contributed by atoms with Crippen LogP contribution in [-0.4, -0.2) is 6.29 Å². The van der Waals surface area contributed by atoms with Gasteiger partial charge in [0.2, 0.25) is 0 Å². The van der Waals surface area contributed by atoms with E-state index in [0.29, 0.717) is 0 Å². The van der Waals surface area contributed by atoms with E-state index >= 15 is 0 Å². The smallest absolute Gasteiger partial charge is 0 e. The summed E-state index contributed by atoms with van der Waals surface area (Å²) in [6.45, 7) is 7.04. The van der Waals surface area contributed by atoms with Crippen molar-refractivity contribution in [3.8, 4) is 0 Å². The minimum atomic E-state index is 0. The summed E-state index contributed by atoms with van der Waals surface area (Å²) in [5.41, 5.74) is 0. The van der Waals surface area contributed by atoms with Crippen LogP contribution in [0.3, 0.4) is 0 Å². The van der Waals surface area contributed by atoms with Gasteiger partial charge < -0.3 is 11.7 Å². The van der Waals surface area contributed by atoms with Crippen molar-refractivity contribution < 1.29 is 37.5 Å². The molecule has 0 aromatic heterocycles. The molecule has 0 fully saturated rings. The summed E-state index contributed by atoms with van der Waals surface area (Å²) in [4.78, 5) is 8.68. The van der Waals surface area contributed by atoms with Gasteiger partial charge in [-0.1, -0.05) is 13.3 Å². The molecule has 0 spiro atoms. The fourth-order valence-corrected chi connectivity index (χ4v) is 0. The molecule has 0 saturated heterocycles. The van der Waals surface area contributed by atoms with Gasteiger partial charge in [-0.3, -0.25) is 6.29 Å². The molecule has 0 aromatic rings. The van der Waals surface area contributed by atoms with Crippen molar-refractivity contribution >= 4 is 6.29 Å². The first-order valence-corrected chi connectivity index (χ1v) is 2.41. The predicted octanol–water partition coefficient (Wildman–Crippen LogP) is 1.73. The van der Waals surface area contributed by atoms with Crippen LogP contribution in [0.5, 0.6) is 0 Å². The average molecular weight is 189 g/mol. The fourth-order valence-electron chi connectivity index (χ4n) is 0. The van der Waals surface area contributed by atoms with E-state index in [-0.39, 0.29) is 32.7 Å². The molecule has 0 atom stereocenters. The Morgan fingerprint density at radius 1 is 1.62 bits per heavy atom. The van der Waals surface area contributed by atoms with Gasteiger partial charge in [-0.05, 0) is 0 Å². The van der Waals surface area contributed by atoms with E-state index in [9.17, 15) is 0 Å². The van der Waals surface area contributed by atoms with Gasteiger partial charge in [0.25, 0.3) is 0 Å². The summed E-state index contributed by atoms with van der Waals surface area (Å²) in [6, 6.07) is 0. The maximum Gasteiger partial charge on any atom is 0 e. The summed E-state index contributed by atoms with van der Waals surface area (Å²) < 4.78 is 0. The van der Waals surface area contributed by atoms with Crippen molar-refractivity contribution in [2.24, 2.45) is 0 Å². The van der Waals surface area contributed by atoms with Crippen LogP contribution >= 0.6 is 0 Å². The van der Waals surface area contributed by atoms with Crippen LogP contribution in [0.1, 0.15) is 26.7 Å². The van der Waals surface area contributed by atoms with Gasteiger partial charge >= 0.3 is 0 Å². The molecule has 0 saturated carbocycles. The molecule has 47 valence electrons. The van der Waals surface area contributed by atoms with Gasteiger partial charge in [0.1, 0.15) is 0 Å². The second-order valence-corrected chi connectivity index (χ2v) is 1.06. The summed E-state index contributed by atoms with van der Waals surface area (Å²) in [5.74, 6) is 0. The third-order valence-electron chi connectivity index (χ3n) is 0.354. The van der Waals surface area contributed by atoms with E-state index in [2.05, 4.69) is 13.8 Å². The largest absolute Gasteiger partial charge is 0.542 e. The summed E-state index contributed by atoms with van der Waals surface area (Å²) >= 11 is 0. The van der Waals surface area contributed by atoms with E-state index in [1.807, 2.05) is 0 Å². The van der Waals surface area contributed by atoms with Crippen molar-refractivity contribution in [3.05, 3.63) is 6.92 Å². The van der Waals surface area contributed by atoms with Gasteiger partial charge in [0.15, 0.2) is 0 Å². The van der Waals surface area contributed by atoms with Crippen LogP contribution in [-0.2, 0) is 37.5 Å². The van der Waals surface area contributed by atoms with E-state index in [1.54, 1.807) is 0 Å². The Kier molecular flexibility index (Phi) is 49.8. The third kappa shape index (κ3) is 71.8. The molecule has 0 aliphatic carbocycles. The number of hydrogen-bond acceptors (Lipinski definition) is 1. The van der Waals surface area contributed by atoms with Gasteiger partial charge in [-0.15, -0.1) is 0 Å². The van der Waals surface area contributed by atoms with Crippen LogP contribution in [0, 0.1) is 6.92 Å². The fraction of sp³-hybridized carbons (Fsp3) is 0.667. The zero-order chi connectivity index (χ0) is 6.12. The first-order valence-electron chi connectivity index (χ1n) is 2.41. The van der Waals surface area contributed by atoms with Gasteiger partial charge in [-0.2, -0.15) is 13.3 Å². The molecule has 8 heavy (non-hydrogen) atoms. The Morgan fingerprint density at radius 2 is 1.75 bits per heavy atom. The molecular formula is C6H12OY-2. The monoisotopic (exact) mass is 189 g/mol. The molecule has 0 heterocycles. The predicted molar refractivity (Wildman–Crippen MR) is 31.6 cm³/mol. The molecule has 0 unspecified atom stereocenters. The minimum absolute atomic E-state index is 0. The third-order valence-corrected chi connectivity index (χ3v) is 0.354. The summed E-state index contributed by atoms with van der Waals surface area (Å²) in [7, 11) is 0. The van der Waals surface area contributed by atoms with Crippen molar-refractivity contribution in [3.63, 3.8) is 0 Å². The summed E-state index contributed by atoms with van der Waals surface area (Å²) in [6.07, 6.45) is 3.78. The normalized spacial score (nSPS) is 5.38. The van der Waals surface area contributed by atoms with Crippen LogP contribution < -0.4 is 0 Å².